The fourth-order valence-electron chi connectivity index (χ4n) is 1.89. The molecule has 1 aromatic carbocycles. The minimum Gasteiger partial charge on any atom is -0.341 e. The molecule has 0 unspecified atom stereocenters. The molecular formula is C13H14N4O2. The summed E-state index contributed by atoms with van der Waals surface area (Å²) >= 11 is 0. The van der Waals surface area contributed by atoms with E-state index in [-0.39, 0.29) is 24.4 Å². The summed E-state index contributed by atoms with van der Waals surface area (Å²) in [7, 11) is 1.70. The van der Waals surface area contributed by atoms with E-state index in [1.807, 2.05) is 18.2 Å². The Morgan fingerprint density at radius 2 is 2.11 bits per heavy atom. The van der Waals surface area contributed by atoms with Crippen LogP contribution in [0.4, 0.5) is 0 Å². The van der Waals surface area contributed by atoms with Gasteiger partial charge in [0.2, 0.25) is 5.91 Å². The number of benzene rings is 1. The molecule has 0 radical (unpaired) electrons. The van der Waals surface area contributed by atoms with E-state index in [1.54, 1.807) is 18.0 Å². The SMILES string of the molecule is CN(Cc1ccc2[nH]c(=O)[nH]c2c1)C(=O)CCC#N. The first-order valence-electron chi connectivity index (χ1n) is 5.92. The van der Waals surface area contributed by atoms with Gasteiger partial charge in [-0.1, -0.05) is 6.07 Å². The van der Waals surface area contributed by atoms with Gasteiger partial charge in [-0.15, -0.1) is 0 Å². The molecule has 19 heavy (non-hydrogen) atoms. The van der Waals surface area contributed by atoms with Gasteiger partial charge >= 0.3 is 5.69 Å². The van der Waals surface area contributed by atoms with Crippen LogP contribution in [-0.2, 0) is 11.3 Å². The number of nitrogens with one attached hydrogen (secondary N) is 2. The summed E-state index contributed by atoms with van der Waals surface area (Å²) in [5.74, 6) is -0.0655. The van der Waals surface area contributed by atoms with Crippen molar-refractivity contribution in [3.8, 4) is 6.07 Å². The first-order valence-corrected chi connectivity index (χ1v) is 5.92. The van der Waals surface area contributed by atoms with Gasteiger partial charge in [0, 0.05) is 26.4 Å². The molecule has 0 atom stereocenters. The number of H-pyrrole nitrogens is 2. The van der Waals surface area contributed by atoms with Crippen molar-refractivity contribution in [3.05, 3.63) is 34.2 Å². The Morgan fingerprint density at radius 1 is 1.37 bits per heavy atom. The highest BCUT2D eigenvalue weighted by atomic mass is 16.2. The second-order valence-electron chi connectivity index (χ2n) is 4.37. The predicted molar refractivity (Wildman–Crippen MR) is 70.2 cm³/mol. The number of hydrogen-bond donors (Lipinski definition) is 2. The van der Waals surface area contributed by atoms with Crippen LogP contribution < -0.4 is 5.69 Å². The number of aromatic amines is 2. The van der Waals surface area contributed by atoms with Crippen LogP contribution in [-0.4, -0.2) is 27.8 Å². The van der Waals surface area contributed by atoms with Gasteiger partial charge in [-0.25, -0.2) is 4.79 Å². The van der Waals surface area contributed by atoms with Crippen molar-refractivity contribution in [3.63, 3.8) is 0 Å². The van der Waals surface area contributed by atoms with Gasteiger partial charge in [-0.3, -0.25) is 4.79 Å². The molecule has 1 heterocycles. The van der Waals surface area contributed by atoms with Gasteiger partial charge in [-0.2, -0.15) is 5.26 Å². The van der Waals surface area contributed by atoms with E-state index in [4.69, 9.17) is 5.26 Å². The van der Waals surface area contributed by atoms with Crippen molar-refractivity contribution >= 4 is 16.9 Å². The van der Waals surface area contributed by atoms with Crippen LogP contribution in [0.3, 0.4) is 0 Å². The molecule has 1 amide bonds. The van der Waals surface area contributed by atoms with Crippen molar-refractivity contribution in [2.24, 2.45) is 0 Å². The van der Waals surface area contributed by atoms with Crippen LogP contribution in [0, 0.1) is 11.3 Å². The van der Waals surface area contributed by atoms with Crippen LogP contribution in [0.15, 0.2) is 23.0 Å². The quantitative estimate of drug-likeness (QED) is 0.860. The molecule has 6 heteroatoms. The lowest BCUT2D eigenvalue weighted by Gasteiger charge is -2.16. The maximum Gasteiger partial charge on any atom is 0.323 e. The molecule has 0 saturated heterocycles. The Kier molecular flexibility index (Phi) is 3.66. The topological polar surface area (TPSA) is 92.8 Å². The number of carbonyl (C=O) groups excluding carboxylic acids is 1. The Balaban J connectivity index is 2.10. The number of rotatable bonds is 4. The highest BCUT2D eigenvalue weighted by Crippen LogP contribution is 2.12. The number of nitriles is 1. The number of nitrogens with zero attached hydrogens (tertiary/aromatic N) is 2. The number of fused-ring (bicyclic) bond motifs is 1. The summed E-state index contributed by atoms with van der Waals surface area (Å²) in [6.07, 6.45) is 0.462. The Bertz CT molecular complexity index is 692. The fraction of sp³-hybridized carbons (Fsp3) is 0.308. The standard InChI is InChI=1S/C13H14N4O2/c1-17(12(18)3-2-6-14)8-9-4-5-10-11(7-9)16-13(19)15-10/h4-5,7H,2-3,8H2,1H3,(H2,15,16,19). The third-order valence-corrected chi connectivity index (χ3v) is 2.88. The fourth-order valence-corrected chi connectivity index (χ4v) is 1.89. The van der Waals surface area contributed by atoms with E-state index >= 15 is 0 Å². The molecule has 2 N–H and O–H groups in total. The molecule has 6 nitrogen and oxygen atoms in total. The van der Waals surface area contributed by atoms with Gasteiger partial charge in [0.15, 0.2) is 0 Å². The molecule has 2 aromatic rings. The average Bonchev–Trinajstić information content (AvgIpc) is 2.75. The van der Waals surface area contributed by atoms with E-state index < -0.39 is 0 Å². The minimum atomic E-state index is -0.245. The third-order valence-electron chi connectivity index (χ3n) is 2.88. The molecule has 1 aromatic heterocycles. The molecule has 0 bridgehead atoms. The Labute approximate surface area is 109 Å². The first kappa shape index (κ1) is 12.9. The molecule has 98 valence electrons. The number of imidazole rings is 1. The highest BCUT2D eigenvalue weighted by Gasteiger charge is 2.09. The van der Waals surface area contributed by atoms with Crippen molar-refractivity contribution in [1.29, 1.82) is 5.26 Å². The summed E-state index contributed by atoms with van der Waals surface area (Å²) < 4.78 is 0. The molecular weight excluding hydrogens is 244 g/mol. The average molecular weight is 258 g/mol. The Hall–Kier alpha value is -2.55. The zero-order chi connectivity index (χ0) is 13.8. The van der Waals surface area contributed by atoms with Crippen LogP contribution >= 0.6 is 0 Å². The molecule has 0 fully saturated rings. The van der Waals surface area contributed by atoms with E-state index in [9.17, 15) is 9.59 Å². The summed E-state index contributed by atoms with van der Waals surface area (Å²) in [5.41, 5.74) is 2.15. The number of amides is 1. The molecule has 0 aliphatic heterocycles. The number of carbonyl (C=O) groups is 1. The largest absolute Gasteiger partial charge is 0.341 e. The highest BCUT2D eigenvalue weighted by molar-refractivity contribution is 5.77. The van der Waals surface area contributed by atoms with E-state index in [2.05, 4.69) is 9.97 Å². The van der Waals surface area contributed by atoms with Crippen LogP contribution in [0.2, 0.25) is 0 Å². The van der Waals surface area contributed by atoms with Crippen molar-refractivity contribution < 1.29 is 4.79 Å². The Morgan fingerprint density at radius 3 is 2.84 bits per heavy atom. The third kappa shape index (κ3) is 3.01. The maximum atomic E-state index is 11.7. The number of hydrogen-bond acceptors (Lipinski definition) is 3. The second kappa shape index (κ2) is 5.40. The van der Waals surface area contributed by atoms with Crippen LogP contribution in [0.25, 0.3) is 11.0 Å². The van der Waals surface area contributed by atoms with Crippen molar-refractivity contribution in [2.45, 2.75) is 19.4 Å². The van der Waals surface area contributed by atoms with Crippen molar-refractivity contribution in [1.82, 2.24) is 14.9 Å². The maximum absolute atomic E-state index is 11.7. The predicted octanol–water partition coefficient (Wildman–Crippen LogP) is 1.12. The molecule has 2 rings (SSSR count). The van der Waals surface area contributed by atoms with E-state index in [0.717, 1.165) is 16.6 Å². The summed E-state index contributed by atoms with van der Waals surface area (Å²) in [6.45, 7) is 0.452. The molecule has 0 aliphatic rings. The van der Waals surface area contributed by atoms with Crippen LogP contribution in [0.5, 0.6) is 0 Å². The van der Waals surface area contributed by atoms with Gasteiger partial charge in [0.25, 0.3) is 0 Å². The molecule has 0 spiro atoms. The smallest absolute Gasteiger partial charge is 0.323 e. The second-order valence-corrected chi connectivity index (χ2v) is 4.37. The van der Waals surface area contributed by atoms with Gasteiger partial charge < -0.3 is 14.9 Å². The normalized spacial score (nSPS) is 10.3. The molecule has 0 aliphatic carbocycles. The summed E-state index contributed by atoms with van der Waals surface area (Å²) in [5, 5.41) is 8.45. The van der Waals surface area contributed by atoms with Gasteiger partial charge in [0.1, 0.15) is 0 Å². The lowest BCUT2D eigenvalue weighted by Crippen LogP contribution is -2.25. The first-order chi connectivity index (χ1) is 9.10. The monoisotopic (exact) mass is 258 g/mol. The lowest BCUT2D eigenvalue weighted by molar-refractivity contribution is -0.130. The number of aromatic nitrogens is 2. The van der Waals surface area contributed by atoms with Crippen LogP contribution in [0.1, 0.15) is 18.4 Å². The van der Waals surface area contributed by atoms with E-state index in [0.29, 0.717) is 6.54 Å². The van der Waals surface area contributed by atoms with Gasteiger partial charge in [0.05, 0.1) is 17.1 Å². The van der Waals surface area contributed by atoms with Gasteiger partial charge in [-0.05, 0) is 17.7 Å². The summed E-state index contributed by atoms with van der Waals surface area (Å²) in [4.78, 5) is 29.7. The lowest BCUT2D eigenvalue weighted by atomic mass is 10.2. The summed E-state index contributed by atoms with van der Waals surface area (Å²) in [6, 6.07) is 7.45. The zero-order valence-corrected chi connectivity index (χ0v) is 10.6. The molecule has 0 saturated carbocycles. The zero-order valence-electron chi connectivity index (χ0n) is 10.6. The van der Waals surface area contributed by atoms with E-state index in [1.165, 1.54) is 0 Å². The van der Waals surface area contributed by atoms with Crippen molar-refractivity contribution in [2.75, 3.05) is 7.05 Å². The minimum absolute atomic E-state index is 0.0655.